The van der Waals surface area contributed by atoms with Crippen molar-refractivity contribution in [2.24, 2.45) is 0 Å². The van der Waals surface area contributed by atoms with Gasteiger partial charge in [-0.1, -0.05) is 91.0 Å². The van der Waals surface area contributed by atoms with Gasteiger partial charge in [-0.05, 0) is 86.3 Å². The van der Waals surface area contributed by atoms with E-state index < -0.39 is 0 Å². The van der Waals surface area contributed by atoms with E-state index in [2.05, 4.69) is 114 Å². The van der Waals surface area contributed by atoms with E-state index >= 15 is 0 Å². The largest absolute Gasteiger partial charge is 0.254 e. The van der Waals surface area contributed by atoms with E-state index in [4.69, 9.17) is 10.2 Å². The van der Waals surface area contributed by atoms with Gasteiger partial charge in [0.15, 0.2) is 0 Å². The number of hydrogen-bond donors (Lipinski definition) is 0. The predicted molar refractivity (Wildman–Crippen MR) is 173 cm³/mol. The Morgan fingerprint density at radius 1 is 0.476 bits per heavy atom. The molecule has 0 amide bonds. The molecule has 42 heavy (non-hydrogen) atoms. The summed E-state index contributed by atoms with van der Waals surface area (Å²) in [4.78, 5) is 9.73. The Morgan fingerprint density at radius 3 is 1.88 bits per heavy atom. The van der Waals surface area contributed by atoms with Gasteiger partial charge < -0.3 is 0 Å². The van der Waals surface area contributed by atoms with E-state index in [1.54, 1.807) is 0 Å². The van der Waals surface area contributed by atoms with Gasteiger partial charge >= 0.3 is 0 Å². The van der Waals surface area contributed by atoms with Crippen LogP contribution in [0.1, 0.15) is 5.56 Å². The van der Waals surface area contributed by atoms with Crippen LogP contribution in [0.15, 0.2) is 140 Å². The van der Waals surface area contributed by atoms with Gasteiger partial charge in [0.2, 0.25) is 0 Å². The molecule has 194 valence electrons. The number of nitriles is 1. The van der Waals surface area contributed by atoms with Crippen molar-refractivity contribution in [3.63, 3.8) is 0 Å². The van der Waals surface area contributed by atoms with Gasteiger partial charge in [-0.25, -0.2) is 4.98 Å². The average Bonchev–Trinajstić information content (AvgIpc) is 3.07. The smallest absolute Gasteiger partial charge is 0.0991 e. The lowest BCUT2D eigenvalue weighted by molar-refractivity contribution is 1.37. The fourth-order valence-electron chi connectivity index (χ4n) is 5.90. The molecule has 2 aromatic heterocycles. The zero-order valence-electron chi connectivity index (χ0n) is 22.6. The summed E-state index contributed by atoms with van der Waals surface area (Å²) in [5.74, 6) is 0. The molecule has 0 spiro atoms. The summed E-state index contributed by atoms with van der Waals surface area (Å²) in [6, 6.07) is 48.7. The van der Waals surface area contributed by atoms with E-state index in [-0.39, 0.29) is 0 Å². The number of hydrogen-bond acceptors (Lipinski definition) is 3. The minimum Gasteiger partial charge on any atom is -0.254 e. The van der Waals surface area contributed by atoms with Crippen LogP contribution in [0.25, 0.3) is 76.9 Å². The number of nitrogens with zero attached hydrogens (tertiary/aromatic N) is 3. The molecule has 0 atom stereocenters. The number of rotatable bonds is 3. The lowest BCUT2D eigenvalue weighted by Crippen LogP contribution is -1.90. The molecule has 3 nitrogen and oxygen atoms in total. The van der Waals surface area contributed by atoms with Crippen LogP contribution in [0.2, 0.25) is 0 Å². The Balaban J connectivity index is 1.20. The maximum absolute atomic E-state index is 9.14. The van der Waals surface area contributed by atoms with E-state index in [0.717, 1.165) is 44.2 Å². The fourth-order valence-corrected chi connectivity index (χ4v) is 5.90. The van der Waals surface area contributed by atoms with Crippen LogP contribution in [0.3, 0.4) is 0 Å². The van der Waals surface area contributed by atoms with E-state index in [0.29, 0.717) is 5.56 Å². The Morgan fingerprint density at radius 2 is 1.10 bits per heavy atom. The molecular formula is C39H23N3. The summed E-state index contributed by atoms with van der Waals surface area (Å²) < 4.78 is 0. The molecule has 0 saturated carbocycles. The second-order valence-corrected chi connectivity index (χ2v) is 10.6. The Bertz CT molecular complexity index is 2360. The first-order valence-corrected chi connectivity index (χ1v) is 14.0. The molecule has 0 unspecified atom stereocenters. The first-order valence-electron chi connectivity index (χ1n) is 14.0. The van der Waals surface area contributed by atoms with Crippen molar-refractivity contribution in [3.8, 4) is 39.6 Å². The van der Waals surface area contributed by atoms with E-state index in [9.17, 15) is 0 Å². The third-order valence-corrected chi connectivity index (χ3v) is 8.11. The minimum atomic E-state index is 0.670. The maximum Gasteiger partial charge on any atom is 0.0991 e. The standard InChI is InChI=1S/C39H23N3/c40-24-25-6-8-26(9-7-25)30-14-10-27-11-15-31(23-34(27)22-30)32-16-18-35-33(21-32)3-1-5-36(35)37-19-17-29-13-12-28-4-2-20-41-38(28)39(29)42-37/h1-23H. The quantitative estimate of drug-likeness (QED) is 0.212. The molecule has 2 heterocycles. The van der Waals surface area contributed by atoms with Crippen molar-refractivity contribution in [2.75, 3.05) is 0 Å². The Kier molecular flexibility index (Phi) is 5.52. The summed E-state index contributed by atoms with van der Waals surface area (Å²) in [5.41, 5.74) is 9.17. The van der Waals surface area contributed by atoms with Crippen molar-refractivity contribution in [1.82, 2.24) is 9.97 Å². The molecule has 0 aliphatic rings. The highest BCUT2D eigenvalue weighted by atomic mass is 14.8. The van der Waals surface area contributed by atoms with Crippen LogP contribution in [0.5, 0.6) is 0 Å². The van der Waals surface area contributed by atoms with E-state index in [1.165, 1.54) is 32.7 Å². The van der Waals surface area contributed by atoms with Crippen molar-refractivity contribution >= 4 is 43.4 Å². The topological polar surface area (TPSA) is 49.6 Å². The van der Waals surface area contributed by atoms with Gasteiger partial charge in [-0.2, -0.15) is 5.26 Å². The molecule has 0 aliphatic carbocycles. The third-order valence-electron chi connectivity index (χ3n) is 8.11. The van der Waals surface area contributed by atoms with Crippen molar-refractivity contribution in [1.29, 1.82) is 5.26 Å². The first-order chi connectivity index (χ1) is 20.7. The second-order valence-electron chi connectivity index (χ2n) is 10.6. The molecular weight excluding hydrogens is 510 g/mol. The van der Waals surface area contributed by atoms with Crippen molar-refractivity contribution in [3.05, 3.63) is 145 Å². The zero-order chi connectivity index (χ0) is 28.0. The van der Waals surface area contributed by atoms with Gasteiger partial charge in [0.05, 0.1) is 28.4 Å². The van der Waals surface area contributed by atoms with Gasteiger partial charge in [0.25, 0.3) is 0 Å². The lowest BCUT2D eigenvalue weighted by Gasteiger charge is -2.11. The van der Waals surface area contributed by atoms with Crippen LogP contribution < -0.4 is 0 Å². The monoisotopic (exact) mass is 533 g/mol. The van der Waals surface area contributed by atoms with Crippen LogP contribution in [0, 0.1) is 11.3 Å². The molecule has 0 aliphatic heterocycles. The van der Waals surface area contributed by atoms with Crippen molar-refractivity contribution in [2.45, 2.75) is 0 Å². The summed E-state index contributed by atoms with van der Waals surface area (Å²) in [6.07, 6.45) is 1.83. The fraction of sp³-hybridized carbons (Fsp3) is 0. The molecule has 8 rings (SSSR count). The molecule has 0 N–H and O–H groups in total. The zero-order valence-corrected chi connectivity index (χ0v) is 22.6. The molecule has 6 aromatic carbocycles. The summed E-state index contributed by atoms with van der Waals surface area (Å²) in [5, 5.41) is 16.0. The highest BCUT2D eigenvalue weighted by Crippen LogP contribution is 2.34. The van der Waals surface area contributed by atoms with Crippen LogP contribution in [0.4, 0.5) is 0 Å². The Hall–Kier alpha value is -5.85. The minimum absolute atomic E-state index is 0.670. The highest BCUT2D eigenvalue weighted by molar-refractivity contribution is 6.05. The first kappa shape index (κ1) is 24.0. The van der Waals surface area contributed by atoms with Gasteiger partial charge in [0, 0.05) is 22.5 Å². The molecule has 0 radical (unpaired) electrons. The normalized spacial score (nSPS) is 11.3. The number of benzene rings is 6. The summed E-state index contributed by atoms with van der Waals surface area (Å²) in [6.45, 7) is 0. The second kappa shape index (κ2) is 9.66. The molecule has 3 heteroatoms. The lowest BCUT2D eigenvalue weighted by atomic mass is 9.94. The average molecular weight is 534 g/mol. The molecule has 8 aromatic rings. The van der Waals surface area contributed by atoms with Crippen LogP contribution >= 0.6 is 0 Å². The SMILES string of the molecule is N#Cc1ccc(-c2ccc3ccc(-c4ccc5c(-c6ccc7ccc8cccnc8c7n6)cccc5c4)cc3c2)cc1. The predicted octanol–water partition coefficient (Wildman–Crippen LogP) is 9.96. The highest BCUT2D eigenvalue weighted by Gasteiger charge is 2.10. The van der Waals surface area contributed by atoms with Crippen molar-refractivity contribution < 1.29 is 0 Å². The van der Waals surface area contributed by atoms with Crippen LogP contribution in [-0.2, 0) is 0 Å². The number of aromatic nitrogens is 2. The summed E-state index contributed by atoms with van der Waals surface area (Å²) in [7, 11) is 0. The number of fused-ring (bicyclic) bond motifs is 5. The van der Waals surface area contributed by atoms with Crippen LogP contribution in [-0.4, -0.2) is 9.97 Å². The van der Waals surface area contributed by atoms with Gasteiger partial charge in [0.1, 0.15) is 0 Å². The molecule has 0 saturated heterocycles. The van der Waals surface area contributed by atoms with E-state index in [1.807, 2.05) is 36.5 Å². The molecule has 0 fully saturated rings. The third kappa shape index (κ3) is 4.06. The van der Waals surface area contributed by atoms with Gasteiger partial charge in [-0.15, -0.1) is 0 Å². The molecule has 0 bridgehead atoms. The Labute approximate surface area is 243 Å². The number of pyridine rings is 2. The summed E-state index contributed by atoms with van der Waals surface area (Å²) >= 11 is 0. The maximum atomic E-state index is 9.14. The van der Waals surface area contributed by atoms with Gasteiger partial charge in [-0.3, -0.25) is 4.98 Å².